The van der Waals surface area contributed by atoms with Crippen LogP contribution >= 0.6 is 23.1 Å². The van der Waals surface area contributed by atoms with Crippen molar-refractivity contribution in [1.82, 2.24) is 4.37 Å². The first kappa shape index (κ1) is 10.6. The zero-order valence-corrected chi connectivity index (χ0v) is 9.72. The number of aryl methyl sites for hydroxylation is 1. The maximum Gasteiger partial charge on any atom is 0.116 e. The van der Waals surface area contributed by atoms with Gasteiger partial charge in [-0.3, -0.25) is 0 Å². The Morgan fingerprint density at radius 1 is 1.40 bits per heavy atom. The summed E-state index contributed by atoms with van der Waals surface area (Å²) in [6.45, 7) is 1.90. The van der Waals surface area contributed by atoms with Gasteiger partial charge in [0.1, 0.15) is 6.10 Å². The van der Waals surface area contributed by atoms with Crippen molar-refractivity contribution >= 4 is 23.1 Å². The van der Waals surface area contributed by atoms with Gasteiger partial charge in [0, 0.05) is 10.6 Å². The molecular formula is C11H10ClNOS. The second-order valence-electron chi connectivity index (χ2n) is 3.29. The first-order chi connectivity index (χ1) is 7.18. The van der Waals surface area contributed by atoms with Gasteiger partial charge in [-0.15, -0.1) is 0 Å². The first-order valence-electron chi connectivity index (χ1n) is 4.54. The standard InChI is InChI=1S/C11H10ClNOS/c1-7-6-10(15-13-7)11(14)8-4-2-3-5-9(8)12/h2-6,11,14H,1H3. The van der Waals surface area contributed by atoms with E-state index in [1.807, 2.05) is 31.2 Å². The van der Waals surface area contributed by atoms with Crippen LogP contribution in [0.1, 0.15) is 22.2 Å². The van der Waals surface area contributed by atoms with Gasteiger partial charge >= 0.3 is 0 Å². The summed E-state index contributed by atoms with van der Waals surface area (Å²) in [5, 5.41) is 10.7. The van der Waals surface area contributed by atoms with E-state index in [0.717, 1.165) is 16.1 Å². The minimum Gasteiger partial charge on any atom is -0.383 e. The molecule has 0 aliphatic rings. The van der Waals surface area contributed by atoms with Crippen LogP contribution in [0.15, 0.2) is 30.3 Å². The van der Waals surface area contributed by atoms with Crippen LogP contribution in [-0.2, 0) is 0 Å². The summed E-state index contributed by atoms with van der Waals surface area (Å²) in [7, 11) is 0. The molecule has 0 fully saturated rings. The first-order valence-corrected chi connectivity index (χ1v) is 5.69. The average molecular weight is 240 g/mol. The number of aliphatic hydroxyl groups is 1. The molecule has 1 heterocycles. The van der Waals surface area contributed by atoms with Crippen LogP contribution < -0.4 is 0 Å². The molecule has 0 spiro atoms. The maximum absolute atomic E-state index is 10.1. The van der Waals surface area contributed by atoms with E-state index >= 15 is 0 Å². The van der Waals surface area contributed by atoms with Crippen molar-refractivity contribution in [3.8, 4) is 0 Å². The molecule has 0 radical (unpaired) electrons. The van der Waals surface area contributed by atoms with Crippen molar-refractivity contribution in [3.63, 3.8) is 0 Å². The average Bonchev–Trinajstić information content (AvgIpc) is 2.65. The smallest absolute Gasteiger partial charge is 0.116 e. The molecular weight excluding hydrogens is 230 g/mol. The number of rotatable bonds is 2. The van der Waals surface area contributed by atoms with Gasteiger partial charge in [-0.05, 0) is 30.6 Å². The molecule has 0 bridgehead atoms. The van der Waals surface area contributed by atoms with Crippen LogP contribution in [-0.4, -0.2) is 9.48 Å². The third-order valence-corrected chi connectivity index (χ3v) is 3.39. The van der Waals surface area contributed by atoms with Gasteiger partial charge in [-0.1, -0.05) is 29.8 Å². The Bertz CT molecular complexity index is 469. The number of benzene rings is 1. The highest BCUT2D eigenvalue weighted by Crippen LogP contribution is 2.30. The summed E-state index contributed by atoms with van der Waals surface area (Å²) in [5.41, 5.74) is 1.64. The summed E-state index contributed by atoms with van der Waals surface area (Å²) in [6.07, 6.45) is -0.676. The molecule has 2 nitrogen and oxygen atoms in total. The molecule has 0 saturated heterocycles. The molecule has 2 rings (SSSR count). The quantitative estimate of drug-likeness (QED) is 0.873. The summed E-state index contributed by atoms with van der Waals surface area (Å²) < 4.78 is 4.13. The van der Waals surface area contributed by atoms with Crippen molar-refractivity contribution in [1.29, 1.82) is 0 Å². The predicted octanol–water partition coefficient (Wildman–Crippen LogP) is 3.19. The molecule has 2 aromatic rings. The van der Waals surface area contributed by atoms with Crippen molar-refractivity contribution in [2.24, 2.45) is 0 Å². The summed E-state index contributed by atoms with van der Waals surface area (Å²) >= 11 is 7.30. The highest BCUT2D eigenvalue weighted by molar-refractivity contribution is 7.05. The maximum atomic E-state index is 10.1. The fourth-order valence-corrected chi connectivity index (χ4v) is 2.35. The molecule has 15 heavy (non-hydrogen) atoms. The van der Waals surface area contributed by atoms with E-state index in [4.69, 9.17) is 11.6 Å². The van der Waals surface area contributed by atoms with E-state index < -0.39 is 6.10 Å². The van der Waals surface area contributed by atoms with Gasteiger partial charge in [0.2, 0.25) is 0 Å². The monoisotopic (exact) mass is 239 g/mol. The van der Waals surface area contributed by atoms with Gasteiger partial charge in [0.25, 0.3) is 0 Å². The second kappa shape index (κ2) is 4.31. The fourth-order valence-electron chi connectivity index (χ4n) is 1.36. The van der Waals surface area contributed by atoms with Crippen molar-refractivity contribution in [2.75, 3.05) is 0 Å². The van der Waals surface area contributed by atoms with E-state index in [2.05, 4.69) is 4.37 Å². The lowest BCUT2D eigenvalue weighted by atomic mass is 10.1. The molecule has 1 atom stereocenters. The molecule has 0 saturated carbocycles. The Balaban J connectivity index is 2.36. The molecule has 78 valence electrons. The molecule has 1 aromatic carbocycles. The fraction of sp³-hybridized carbons (Fsp3) is 0.182. The number of aliphatic hydroxyl groups excluding tert-OH is 1. The minimum atomic E-state index is -0.676. The van der Waals surface area contributed by atoms with E-state index in [1.54, 1.807) is 6.07 Å². The van der Waals surface area contributed by atoms with Crippen LogP contribution in [0, 0.1) is 6.92 Å². The highest BCUT2D eigenvalue weighted by atomic mass is 35.5. The van der Waals surface area contributed by atoms with Crippen molar-refractivity contribution < 1.29 is 5.11 Å². The third kappa shape index (κ3) is 2.20. The van der Waals surface area contributed by atoms with E-state index in [-0.39, 0.29) is 0 Å². The lowest BCUT2D eigenvalue weighted by Gasteiger charge is -2.09. The van der Waals surface area contributed by atoms with Gasteiger partial charge in [-0.25, -0.2) is 0 Å². The van der Waals surface area contributed by atoms with E-state index in [0.29, 0.717) is 5.02 Å². The Labute approximate surface area is 97.3 Å². The largest absolute Gasteiger partial charge is 0.383 e. The third-order valence-electron chi connectivity index (χ3n) is 2.12. The highest BCUT2D eigenvalue weighted by Gasteiger charge is 2.15. The zero-order valence-electron chi connectivity index (χ0n) is 8.14. The van der Waals surface area contributed by atoms with Crippen molar-refractivity contribution in [3.05, 3.63) is 51.5 Å². The Hall–Kier alpha value is -0.900. The van der Waals surface area contributed by atoms with Gasteiger partial charge < -0.3 is 5.11 Å². The van der Waals surface area contributed by atoms with Crippen LogP contribution in [0.4, 0.5) is 0 Å². The van der Waals surface area contributed by atoms with Gasteiger partial charge in [0.05, 0.1) is 10.6 Å². The van der Waals surface area contributed by atoms with E-state index in [9.17, 15) is 5.11 Å². The molecule has 0 aliphatic carbocycles. The number of hydrogen-bond acceptors (Lipinski definition) is 3. The molecule has 1 N–H and O–H groups in total. The molecule has 4 heteroatoms. The normalized spacial score (nSPS) is 12.7. The minimum absolute atomic E-state index is 0.580. The SMILES string of the molecule is Cc1cc(C(O)c2ccccc2Cl)sn1. The number of halogens is 1. The number of hydrogen-bond donors (Lipinski definition) is 1. The lowest BCUT2D eigenvalue weighted by Crippen LogP contribution is -1.97. The molecule has 1 unspecified atom stereocenters. The predicted molar refractivity (Wildman–Crippen MR) is 62.4 cm³/mol. The van der Waals surface area contributed by atoms with Gasteiger partial charge in [0.15, 0.2) is 0 Å². The lowest BCUT2D eigenvalue weighted by molar-refractivity contribution is 0.224. The van der Waals surface area contributed by atoms with Crippen molar-refractivity contribution in [2.45, 2.75) is 13.0 Å². The topological polar surface area (TPSA) is 33.1 Å². The summed E-state index contributed by atoms with van der Waals surface area (Å²) in [5.74, 6) is 0. The number of nitrogens with zero attached hydrogens (tertiary/aromatic N) is 1. The van der Waals surface area contributed by atoms with Gasteiger partial charge in [-0.2, -0.15) is 4.37 Å². The van der Waals surface area contributed by atoms with Crippen LogP contribution in [0.25, 0.3) is 0 Å². The van der Waals surface area contributed by atoms with Crippen LogP contribution in [0.3, 0.4) is 0 Å². The summed E-state index contributed by atoms with van der Waals surface area (Å²) in [4.78, 5) is 0.820. The van der Waals surface area contributed by atoms with Crippen LogP contribution in [0.5, 0.6) is 0 Å². The van der Waals surface area contributed by atoms with Crippen LogP contribution in [0.2, 0.25) is 5.02 Å². The second-order valence-corrected chi connectivity index (χ2v) is 4.54. The zero-order chi connectivity index (χ0) is 10.8. The number of aromatic nitrogens is 1. The Morgan fingerprint density at radius 3 is 2.73 bits per heavy atom. The molecule has 1 aromatic heterocycles. The van der Waals surface area contributed by atoms with E-state index in [1.165, 1.54) is 11.5 Å². The Kier molecular flexibility index (Phi) is 3.05. The Morgan fingerprint density at radius 2 is 2.13 bits per heavy atom. The molecule has 0 aliphatic heterocycles. The summed E-state index contributed by atoms with van der Waals surface area (Å²) in [6, 6.07) is 9.17. The molecule has 0 amide bonds.